The Morgan fingerprint density at radius 2 is 0.830 bits per heavy atom. The van der Waals surface area contributed by atoms with Gasteiger partial charge >= 0.3 is 44.2 Å². The zero-order chi connectivity index (χ0) is 34.5. The number of halogens is 12. The summed E-state index contributed by atoms with van der Waals surface area (Å²) >= 11 is 0. The van der Waals surface area contributed by atoms with Gasteiger partial charge in [-0.15, -0.1) is 0 Å². The predicted molar refractivity (Wildman–Crippen MR) is 138 cm³/mol. The van der Waals surface area contributed by atoms with Gasteiger partial charge in [0.15, 0.2) is 0 Å². The van der Waals surface area contributed by atoms with Crippen LogP contribution in [0.3, 0.4) is 0 Å². The smallest absolute Gasteiger partial charge is 0.869 e. The van der Waals surface area contributed by atoms with E-state index >= 15 is 0 Å². The van der Waals surface area contributed by atoms with E-state index in [2.05, 4.69) is 20.0 Å². The van der Waals surface area contributed by atoms with Crippen LogP contribution >= 0.6 is 0 Å². The molecule has 2 aromatic carbocycles. The number of benzene rings is 2. The molecule has 4 rings (SSSR count). The van der Waals surface area contributed by atoms with Crippen molar-refractivity contribution in [2.45, 2.75) is 24.7 Å². The van der Waals surface area contributed by atoms with E-state index in [1.54, 1.807) is 36.4 Å². The van der Waals surface area contributed by atoms with Crippen LogP contribution in [0.4, 0.5) is 64.1 Å². The Balaban J connectivity index is 0.000000320. The van der Waals surface area contributed by atoms with Crippen LogP contribution in [0, 0.1) is 0 Å². The molecule has 6 nitrogen and oxygen atoms in total. The van der Waals surface area contributed by atoms with Crippen molar-refractivity contribution in [3.8, 4) is 0 Å². The average molecular weight is 732 g/mol. The first-order valence-corrected chi connectivity index (χ1v) is 12.1. The van der Waals surface area contributed by atoms with Crippen LogP contribution in [0.25, 0.3) is 21.8 Å². The van der Waals surface area contributed by atoms with Gasteiger partial charge in [-0.3, -0.25) is 9.97 Å². The zero-order valence-electron chi connectivity index (χ0n) is 22.9. The summed E-state index contributed by atoms with van der Waals surface area (Å²) in [5.74, 6) is -5.27. The van der Waals surface area contributed by atoms with Crippen molar-refractivity contribution >= 4 is 44.6 Å². The summed E-state index contributed by atoms with van der Waals surface area (Å²) in [7, 11) is 0. The van der Waals surface area contributed by atoms with E-state index in [1.807, 2.05) is 0 Å². The molecule has 0 fully saturated rings. The van der Waals surface area contributed by atoms with E-state index in [0.29, 0.717) is 10.8 Å². The number of rotatable bonds is 4. The van der Waals surface area contributed by atoms with Crippen LogP contribution in [-0.4, -0.2) is 46.1 Å². The van der Waals surface area contributed by atoms with Gasteiger partial charge in [0, 0.05) is 23.2 Å². The molecule has 2 aromatic heterocycles. The number of para-hydroxylation sites is 2. The largest absolute Gasteiger partial charge is 2.00 e. The second kappa shape index (κ2) is 14.9. The predicted octanol–water partition coefficient (Wildman–Crippen LogP) is 7.35. The minimum Gasteiger partial charge on any atom is -0.869 e. The minimum atomic E-state index is -5.41. The van der Waals surface area contributed by atoms with Crippen LogP contribution in [0.15, 0.2) is 107 Å². The maximum absolute atomic E-state index is 12.9. The van der Waals surface area contributed by atoms with E-state index in [9.17, 15) is 62.9 Å². The topological polar surface area (TPSA) is 96.6 Å². The first kappa shape index (κ1) is 38.6. The molecule has 244 valence electrons. The minimum absolute atomic E-state index is 0. The molecule has 0 bridgehead atoms. The number of hydrogen-bond donors (Lipinski definition) is 0. The van der Waals surface area contributed by atoms with E-state index in [-0.39, 0.29) is 41.9 Å². The number of nitrogens with zero attached hydrogens (tertiary/aromatic N) is 4. The number of fused-ring (bicyclic) bond motifs is 2. The Bertz CT molecular complexity index is 1680. The van der Waals surface area contributed by atoms with Crippen molar-refractivity contribution in [3.05, 3.63) is 96.7 Å². The van der Waals surface area contributed by atoms with Gasteiger partial charge in [0.1, 0.15) is 11.4 Å². The van der Waals surface area contributed by atoms with Gasteiger partial charge in [0.2, 0.25) is 0 Å². The van der Waals surface area contributed by atoms with Gasteiger partial charge in [-0.1, -0.05) is 36.4 Å². The fourth-order valence-corrected chi connectivity index (χ4v) is 3.38. The van der Waals surface area contributed by atoms with E-state index in [1.165, 1.54) is 24.5 Å². The molecule has 0 saturated carbocycles. The van der Waals surface area contributed by atoms with Gasteiger partial charge in [-0.2, -0.15) is 52.7 Å². The van der Waals surface area contributed by atoms with E-state index in [0.717, 1.165) is 12.1 Å². The van der Waals surface area contributed by atoms with E-state index < -0.39 is 59.8 Å². The summed E-state index contributed by atoms with van der Waals surface area (Å²) in [5.41, 5.74) is -4.33. The molecule has 2 heterocycles. The summed E-state index contributed by atoms with van der Waals surface area (Å²) in [4.78, 5) is 14.0. The third-order valence-corrected chi connectivity index (χ3v) is 5.38. The Labute approximate surface area is 268 Å². The first-order valence-electron chi connectivity index (χ1n) is 12.1. The average Bonchev–Trinajstić information content (AvgIpc) is 2.95. The molecule has 47 heavy (non-hydrogen) atoms. The molecule has 0 N–H and O–H groups in total. The molecule has 0 saturated heterocycles. The summed E-state index contributed by atoms with van der Waals surface area (Å²) in [6, 6.07) is 14.4. The van der Waals surface area contributed by atoms with Gasteiger partial charge in [-0.05, 0) is 47.9 Å². The molecule has 0 aliphatic heterocycles. The second-order valence-electron chi connectivity index (χ2n) is 8.71. The summed E-state index contributed by atoms with van der Waals surface area (Å²) in [5, 5.41) is 22.5. The Hall–Kier alpha value is -4.54. The van der Waals surface area contributed by atoms with E-state index in [4.69, 9.17) is 0 Å². The van der Waals surface area contributed by atoms with Gasteiger partial charge in [0.25, 0.3) is 0 Å². The monoisotopic (exact) mass is 730 g/mol. The van der Waals surface area contributed by atoms with Gasteiger partial charge in [0.05, 0.1) is 22.4 Å². The summed E-state index contributed by atoms with van der Waals surface area (Å²) in [6.07, 6.45) is -19.8. The van der Waals surface area contributed by atoms with Gasteiger partial charge in [-0.25, -0.2) is 9.98 Å². The Morgan fingerprint density at radius 1 is 0.511 bits per heavy atom. The Kier molecular flexibility index (Phi) is 12.3. The van der Waals surface area contributed by atoms with Crippen LogP contribution in [-0.2, 0) is 19.5 Å². The van der Waals surface area contributed by atoms with Crippen LogP contribution < -0.4 is 10.2 Å². The standard InChI is InChI=1S/2C14H8F6N2O.Zn/c2*15-13(16,17)10(7-11(23)14(18,19)20)22-9-5-1-3-8-4-2-6-21-12(8)9;/h2*1-7,23H;/q;;+2/p-2/b2*11-7-,22-10?;. The number of allylic oxidation sites excluding steroid dienone is 4. The third kappa shape index (κ3) is 10.8. The number of pyridine rings is 2. The molecule has 4 aromatic rings. The third-order valence-electron chi connectivity index (χ3n) is 5.38. The fraction of sp³-hybridized carbons (Fsp3) is 0.143. The van der Waals surface area contributed by atoms with Crippen molar-refractivity contribution in [2.24, 2.45) is 9.98 Å². The van der Waals surface area contributed by atoms with Crippen molar-refractivity contribution in [3.63, 3.8) is 0 Å². The quantitative estimate of drug-likeness (QED) is 0.0950. The van der Waals surface area contributed by atoms with Crippen molar-refractivity contribution < 1.29 is 82.4 Å². The SMILES string of the molecule is [O-]/C(=C\C(=Nc1cccc2cccnc12)C(F)(F)F)C(F)(F)F.[O-]/C(=C\C(=Nc1cccc2cccnc12)C(F)(F)F)C(F)(F)F.[Zn+2]. The molecular weight excluding hydrogens is 718 g/mol. The molecule has 0 unspecified atom stereocenters. The van der Waals surface area contributed by atoms with Gasteiger partial charge < -0.3 is 10.2 Å². The molecule has 0 radical (unpaired) electrons. The van der Waals surface area contributed by atoms with Crippen LogP contribution in [0.5, 0.6) is 0 Å². The van der Waals surface area contributed by atoms with Crippen molar-refractivity contribution in [1.29, 1.82) is 0 Å². The normalized spacial score (nSPS) is 14.0. The maximum atomic E-state index is 12.9. The molecule has 0 aliphatic rings. The summed E-state index contributed by atoms with van der Waals surface area (Å²) in [6.45, 7) is 0. The Morgan fingerprint density at radius 3 is 1.13 bits per heavy atom. The fourth-order valence-electron chi connectivity index (χ4n) is 3.38. The number of hydrogen-bond acceptors (Lipinski definition) is 6. The molecule has 0 aliphatic carbocycles. The number of aromatic nitrogens is 2. The maximum Gasteiger partial charge on any atom is 2.00 e. The summed E-state index contributed by atoms with van der Waals surface area (Å²) < 4.78 is 150. The number of alkyl halides is 12. The zero-order valence-corrected chi connectivity index (χ0v) is 25.9. The second-order valence-corrected chi connectivity index (χ2v) is 8.71. The first-order chi connectivity index (χ1) is 21.2. The molecule has 0 atom stereocenters. The van der Waals surface area contributed by atoms with Crippen molar-refractivity contribution in [1.82, 2.24) is 9.97 Å². The molecule has 0 amide bonds. The molecular formula is C28H14F12N4O2Zn. The van der Waals surface area contributed by atoms with Crippen LogP contribution in [0.1, 0.15) is 0 Å². The van der Waals surface area contributed by atoms with Crippen LogP contribution in [0.2, 0.25) is 0 Å². The number of aliphatic imine (C=N–C) groups is 2. The molecule has 0 spiro atoms. The molecule has 19 heteroatoms. The van der Waals surface area contributed by atoms with Crippen molar-refractivity contribution in [2.75, 3.05) is 0 Å².